The molecule has 1 N–H and O–H groups in total. The van der Waals surface area contributed by atoms with Crippen molar-refractivity contribution in [2.75, 3.05) is 33.4 Å². The number of likely N-dealkylation sites (tertiary alicyclic amines) is 1. The van der Waals surface area contributed by atoms with Gasteiger partial charge in [0, 0.05) is 17.5 Å². The van der Waals surface area contributed by atoms with E-state index in [1.54, 1.807) is 7.11 Å². The van der Waals surface area contributed by atoms with E-state index in [1.165, 1.54) is 32.4 Å². The van der Waals surface area contributed by atoms with Crippen LogP contribution in [0.1, 0.15) is 31.7 Å². The summed E-state index contributed by atoms with van der Waals surface area (Å²) < 4.78 is 18.0. The van der Waals surface area contributed by atoms with E-state index in [0.29, 0.717) is 13.0 Å². The lowest BCUT2D eigenvalue weighted by molar-refractivity contribution is 0.183. The van der Waals surface area contributed by atoms with Crippen molar-refractivity contribution in [2.24, 2.45) is 0 Å². The average molecular weight is 512 g/mol. The lowest BCUT2D eigenvalue weighted by Crippen LogP contribution is -2.33. The topological polar surface area (TPSA) is 51.2 Å². The van der Waals surface area contributed by atoms with Gasteiger partial charge in [-0.1, -0.05) is 36.8 Å². The minimum Gasteiger partial charge on any atom is -0.497 e. The first kappa shape index (κ1) is 26.1. The highest BCUT2D eigenvalue weighted by molar-refractivity contribution is 5.96. The molecule has 0 aromatic heterocycles. The number of aliphatic hydroxyl groups is 1. The number of benzene rings is 4. The van der Waals surface area contributed by atoms with E-state index in [-0.39, 0.29) is 0 Å². The molecule has 1 saturated heterocycles. The van der Waals surface area contributed by atoms with E-state index < -0.39 is 6.10 Å². The average Bonchev–Trinajstić information content (AvgIpc) is 2.94. The number of hydrogen-bond acceptors (Lipinski definition) is 5. The van der Waals surface area contributed by atoms with E-state index in [0.717, 1.165) is 57.0 Å². The van der Waals surface area contributed by atoms with Gasteiger partial charge in [-0.2, -0.15) is 0 Å². The first-order chi connectivity index (χ1) is 18.6. The first-order valence-electron chi connectivity index (χ1n) is 13.6. The highest BCUT2D eigenvalue weighted by Crippen LogP contribution is 2.41. The molecule has 0 radical (unpaired) electrons. The zero-order chi connectivity index (χ0) is 26.3. The Labute approximate surface area is 225 Å². The van der Waals surface area contributed by atoms with Crippen LogP contribution in [0.4, 0.5) is 0 Å². The molecule has 5 rings (SSSR count). The second-order valence-electron chi connectivity index (χ2n) is 10.1. The van der Waals surface area contributed by atoms with Crippen LogP contribution in [0.3, 0.4) is 0 Å². The quantitative estimate of drug-likeness (QED) is 0.246. The van der Waals surface area contributed by atoms with Crippen molar-refractivity contribution in [3.63, 3.8) is 0 Å². The molecule has 1 aliphatic rings. The number of aliphatic hydroxyl groups excluding tert-OH is 1. The van der Waals surface area contributed by atoms with Crippen LogP contribution < -0.4 is 14.2 Å². The predicted molar refractivity (Wildman–Crippen MR) is 154 cm³/mol. The molecule has 1 atom stereocenters. The van der Waals surface area contributed by atoms with Gasteiger partial charge in [-0.25, -0.2) is 0 Å². The molecular weight excluding hydrogens is 474 g/mol. The van der Waals surface area contributed by atoms with Gasteiger partial charge in [0.25, 0.3) is 0 Å². The molecule has 0 bridgehead atoms. The van der Waals surface area contributed by atoms with Crippen LogP contribution in [-0.2, 0) is 6.42 Å². The second kappa shape index (κ2) is 12.3. The number of methoxy groups -OCH3 is 1. The molecule has 1 fully saturated rings. The number of hydrogen-bond donors (Lipinski definition) is 1. The van der Waals surface area contributed by atoms with Crippen molar-refractivity contribution in [2.45, 2.75) is 38.7 Å². The van der Waals surface area contributed by atoms with Gasteiger partial charge in [-0.15, -0.1) is 0 Å². The fourth-order valence-corrected chi connectivity index (χ4v) is 5.15. The summed E-state index contributed by atoms with van der Waals surface area (Å²) in [7, 11) is 1.68. The van der Waals surface area contributed by atoms with Gasteiger partial charge in [0.2, 0.25) is 0 Å². The Hall–Kier alpha value is -3.54. The molecule has 1 aliphatic heterocycles. The zero-order valence-electron chi connectivity index (χ0n) is 22.4. The molecule has 38 heavy (non-hydrogen) atoms. The molecule has 0 aliphatic carbocycles. The number of piperidine rings is 1. The summed E-state index contributed by atoms with van der Waals surface area (Å²) in [5.41, 5.74) is 3.13. The van der Waals surface area contributed by atoms with Crippen LogP contribution in [0.2, 0.25) is 0 Å². The van der Waals surface area contributed by atoms with Gasteiger partial charge in [0.15, 0.2) is 0 Å². The van der Waals surface area contributed by atoms with Gasteiger partial charge < -0.3 is 19.3 Å². The largest absolute Gasteiger partial charge is 0.497 e. The normalized spacial score (nSPS) is 14.8. The maximum atomic E-state index is 9.90. The molecule has 5 heteroatoms. The van der Waals surface area contributed by atoms with E-state index in [1.807, 2.05) is 61.5 Å². The number of nitrogens with zero attached hydrogens (tertiary/aromatic N) is 1. The summed E-state index contributed by atoms with van der Waals surface area (Å²) in [5.74, 6) is 3.19. The summed E-state index contributed by atoms with van der Waals surface area (Å²) in [6, 6.07) is 26.4. The zero-order valence-corrected chi connectivity index (χ0v) is 22.4. The standard InChI is InChI=1S/C33H37NO4/c1-24(35)21-25-7-6-8-26(22-25)31-15-9-27-23-30(36-2)14-16-32(27)33(31)38-29-12-10-28(11-13-29)37-20-19-34-17-4-3-5-18-34/h6-16,22-24,35H,3-5,17-21H2,1-2H3. The minimum atomic E-state index is -0.398. The number of rotatable bonds is 10. The van der Waals surface area contributed by atoms with E-state index in [9.17, 15) is 5.11 Å². The molecule has 0 spiro atoms. The Balaban J connectivity index is 1.40. The molecule has 1 heterocycles. The summed E-state index contributed by atoms with van der Waals surface area (Å²) in [4.78, 5) is 2.48. The Kier molecular flexibility index (Phi) is 8.47. The fraction of sp³-hybridized carbons (Fsp3) is 0.333. The van der Waals surface area contributed by atoms with Crippen molar-refractivity contribution in [1.29, 1.82) is 0 Å². The van der Waals surface area contributed by atoms with Crippen LogP contribution in [0.5, 0.6) is 23.0 Å². The maximum absolute atomic E-state index is 9.90. The van der Waals surface area contributed by atoms with Crippen molar-refractivity contribution < 1.29 is 19.3 Å². The Morgan fingerprint density at radius 2 is 1.61 bits per heavy atom. The Morgan fingerprint density at radius 1 is 0.842 bits per heavy atom. The van der Waals surface area contributed by atoms with Crippen LogP contribution in [0.25, 0.3) is 21.9 Å². The highest BCUT2D eigenvalue weighted by Gasteiger charge is 2.15. The molecular formula is C33H37NO4. The summed E-state index contributed by atoms with van der Waals surface area (Å²) in [6.07, 6.45) is 4.14. The van der Waals surface area contributed by atoms with Crippen molar-refractivity contribution in [3.05, 3.63) is 84.4 Å². The SMILES string of the molecule is COc1ccc2c(Oc3ccc(OCCN4CCCCC4)cc3)c(-c3cccc(CC(C)O)c3)ccc2c1. The second-order valence-corrected chi connectivity index (χ2v) is 10.1. The van der Waals surface area contributed by atoms with Crippen molar-refractivity contribution in [1.82, 2.24) is 4.90 Å². The molecule has 5 nitrogen and oxygen atoms in total. The fourth-order valence-electron chi connectivity index (χ4n) is 5.15. The lowest BCUT2D eigenvalue weighted by Gasteiger charge is -2.26. The highest BCUT2D eigenvalue weighted by atomic mass is 16.5. The summed E-state index contributed by atoms with van der Waals surface area (Å²) >= 11 is 0. The van der Waals surface area contributed by atoms with E-state index >= 15 is 0 Å². The van der Waals surface area contributed by atoms with Crippen molar-refractivity contribution >= 4 is 10.8 Å². The molecule has 198 valence electrons. The van der Waals surface area contributed by atoms with E-state index in [2.05, 4.69) is 29.2 Å². The van der Waals surface area contributed by atoms with Crippen molar-refractivity contribution in [3.8, 4) is 34.1 Å². The van der Waals surface area contributed by atoms with Gasteiger partial charge in [0.1, 0.15) is 29.6 Å². The number of fused-ring (bicyclic) bond motifs is 1. The monoisotopic (exact) mass is 511 g/mol. The smallest absolute Gasteiger partial charge is 0.143 e. The molecule has 4 aromatic carbocycles. The van der Waals surface area contributed by atoms with Gasteiger partial charge in [0.05, 0.1) is 13.2 Å². The van der Waals surface area contributed by atoms with Crippen LogP contribution >= 0.6 is 0 Å². The first-order valence-corrected chi connectivity index (χ1v) is 13.6. The van der Waals surface area contributed by atoms with Crippen LogP contribution in [0, 0.1) is 0 Å². The third kappa shape index (κ3) is 6.47. The maximum Gasteiger partial charge on any atom is 0.143 e. The third-order valence-electron chi connectivity index (χ3n) is 7.12. The third-order valence-corrected chi connectivity index (χ3v) is 7.12. The van der Waals surface area contributed by atoms with Gasteiger partial charge >= 0.3 is 0 Å². The van der Waals surface area contributed by atoms with Crippen LogP contribution in [-0.4, -0.2) is 49.5 Å². The molecule has 4 aromatic rings. The van der Waals surface area contributed by atoms with Crippen LogP contribution in [0.15, 0.2) is 78.9 Å². The molecule has 1 unspecified atom stereocenters. The van der Waals surface area contributed by atoms with Gasteiger partial charge in [-0.05, 0) is 104 Å². The van der Waals surface area contributed by atoms with Gasteiger partial charge in [-0.3, -0.25) is 4.90 Å². The Bertz CT molecular complexity index is 1340. The Morgan fingerprint density at radius 3 is 2.37 bits per heavy atom. The molecule has 0 saturated carbocycles. The summed E-state index contributed by atoms with van der Waals surface area (Å²) in [5, 5.41) is 11.9. The minimum absolute atomic E-state index is 0.398. The lowest BCUT2D eigenvalue weighted by atomic mass is 9.96. The summed E-state index contributed by atoms with van der Waals surface area (Å²) in [6.45, 7) is 5.83. The molecule has 0 amide bonds. The van der Waals surface area contributed by atoms with E-state index in [4.69, 9.17) is 14.2 Å². The number of ether oxygens (including phenoxy) is 3. The predicted octanol–water partition coefficient (Wildman–Crippen LogP) is 7.10.